The van der Waals surface area contributed by atoms with Gasteiger partial charge in [0, 0.05) is 37.8 Å². The van der Waals surface area contributed by atoms with Crippen molar-refractivity contribution in [1.82, 2.24) is 10.2 Å². The first-order valence-corrected chi connectivity index (χ1v) is 6.80. The van der Waals surface area contributed by atoms with Crippen molar-refractivity contribution < 1.29 is 8.78 Å². The van der Waals surface area contributed by atoms with E-state index >= 15 is 0 Å². The Kier molecular flexibility index (Phi) is 5.92. The molecule has 5 heteroatoms. The monoisotopic (exact) mass is 304 g/mol. The first-order chi connectivity index (χ1) is 8.91. The van der Waals surface area contributed by atoms with Crippen LogP contribution in [0, 0.1) is 17.0 Å². The molecule has 1 aromatic rings. The molecule has 0 unspecified atom stereocenters. The Labute approximate surface area is 126 Å². The second-order valence-corrected chi connectivity index (χ2v) is 6.20. The molecule has 2 nitrogen and oxygen atoms in total. The zero-order chi connectivity index (χ0) is 14.0. The normalized spacial score (nSPS) is 18.4. The summed E-state index contributed by atoms with van der Waals surface area (Å²) in [5.74, 6) is -1.47. The van der Waals surface area contributed by atoms with Crippen LogP contribution in [0.3, 0.4) is 0 Å². The maximum atomic E-state index is 14.1. The third-order valence-corrected chi connectivity index (χ3v) is 3.61. The lowest BCUT2D eigenvalue weighted by atomic mass is 9.80. The van der Waals surface area contributed by atoms with E-state index in [0.29, 0.717) is 5.56 Å². The Bertz CT molecular complexity index is 440. The molecule has 1 aromatic carbocycles. The van der Waals surface area contributed by atoms with Gasteiger partial charge in [-0.2, -0.15) is 0 Å². The standard InChI is InChI=1S/C15H22F2N2.ClH/c1-15(2,3)14(19-9-7-18-8-10-19)11-5-4-6-12(16)13(11)17;/h4-6,14,18H,7-10H2,1-3H3;1H/t14-;/m1./s1. The van der Waals surface area contributed by atoms with Crippen molar-refractivity contribution in [2.45, 2.75) is 26.8 Å². The van der Waals surface area contributed by atoms with Gasteiger partial charge < -0.3 is 5.32 Å². The highest BCUT2D eigenvalue weighted by molar-refractivity contribution is 5.85. The van der Waals surface area contributed by atoms with Crippen LogP contribution in [0.1, 0.15) is 32.4 Å². The van der Waals surface area contributed by atoms with E-state index in [2.05, 4.69) is 31.0 Å². The van der Waals surface area contributed by atoms with E-state index in [1.165, 1.54) is 6.07 Å². The van der Waals surface area contributed by atoms with Crippen molar-refractivity contribution in [2.75, 3.05) is 26.2 Å². The Balaban J connectivity index is 0.00000200. The van der Waals surface area contributed by atoms with Crippen molar-refractivity contribution in [3.8, 4) is 0 Å². The lowest BCUT2D eigenvalue weighted by Gasteiger charge is -2.42. The van der Waals surface area contributed by atoms with Gasteiger partial charge in [0.05, 0.1) is 0 Å². The summed E-state index contributed by atoms with van der Waals surface area (Å²) in [6.45, 7) is 9.72. The van der Waals surface area contributed by atoms with Crippen LogP contribution in [0.4, 0.5) is 8.78 Å². The van der Waals surface area contributed by atoms with Gasteiger partial charge in [0.25, 0.3) is 0 Å². The van der Waals surface area contributed by atoms with Crippen LogP contribution in [0.25, 0.3) is 0 Å². The SMILES string of the molecule is CC(C)(C)[C@@H](c1cccc(F)c1F)N1CCNCC1.Cl. The van der Waals surface area contributed by atoms with Crippen LogP contribution >= 0.6 is 12.4 Å². The molecule has 0 aromatic heterocycles. The van der Waals surface area contributed by atoms with Crippen molar-refractivity contribution in [3.63, 3.8) is 0 Å². The van der Waals surface area contributed by atoms with Gasteiger partial charge in [-0.3, -0.25) is 4.90 Å². The minimum Gasteiger partial charge on any atom is -0.314 e. The molecule has 20 heavy (non-hydrogen) atoms. The third kappa shape index (κ3) is 3.68. The molecule has 0 spiro atoms. The van der Waals surface area contributed by atoms with Crippen LogP contribution in [-0.2, 0) is 0 Å². The second-order valence-electron chi connectivity index (χ2n) is 6.20. The van der Waals surface area contributed by atoms with Crippen molar-refractivity contribution in [1.29, 1.82) is 0 Å². The van der Waals surface area contributed by atoms with Crippen molar-refractivity contribution in [2.24, 2.45) is 5.41 Å². The Hall–Kier alpha value is -0.710. The van der Waals surface area contributed by atoms with Crippen LogP contribution in [0.15, 0.2) is 18.2 Å². The number of nitrogens with zero attached hydrogens (tertiary/aromatic N) is 1. The first-order valence-electron chi connectivity index (χ1n) is 6.80. The van der Waals surface area contributed by atoms with Gasteiger partial charge in [-0.05, 0) is 11.5 Å². The summed E-state index contributed by atoms with van der Waals surface area (Å²) in [5.41, 5.74) is 0.320. The van der Waals surface area contributed by atoms with Gasteiger partial charge in [0.15, 0.2) is 11.6 Å². The molecule has 0 amide bonds. The third-order valence-electron chi connectivity index (χ3n) is 3.61. The highest BCUT2D eigenvalue weighted by atomic mass is 35.5. The number of hydrogen-bond donors (Lipinski definition) is 1. The fraction of sp³-hybridized carbons (Fsp3) is 0.600. The number of halogens is 3. The first kappa shape index (κ1) is 17.3. The van der Waals surface area contributed by atoms with E-state index in [0.717, 1.165) is 26.2 Å². The molecule has 1 fully saturated rings. The Morgan fingerprint density at radius 1 is 1.15 bits per heavy atom. The summed E-state index contributed by atoms with van der Waals surface area (Å²) in [5, 5.41) is 3.29. The number of piperazine rings is 1. The fourth-order valence-electron chi connectivity index (χ4n) is 2.88. The molecule has 1 aliphatic heterocycles. The van der Waals surface area contributed by atoms with Gasteiger partial charge in [0.2, 0.25) is 0 Å². The quantitative estimate of drug-likeness (QED) is 0.901. The summed E-state index contributed by atoms with van der Waals surface area (Å²) >= 11 is 0. The number of benzene rings is 1. The van der Waals surface area contributed by atoms with Gasteiger partial charge in [0.1, 0.15) is 0 Å². The van der Waals surface area contributed by atoms with E-state index in [9.17, 15) is 8.78 Å². The van der Waals surface area contributed by atoms with Crippen LogP contribution < -0.4 is 5.32 Å². The predicted octanol–water partition coefficient (Wildman–Crippen LogP) is 3.38. The molecular formula is C15H23ClF2N2. The number of rotatable bonds is 2. The van der Waals surface area contributed by atoms with Gasteiger partial charge in [-0.1, -0.05) is 32.9 Å². The molecule has 114 valence electrons. The molecule has 0 bridgehead atoms. The summed E-state index contributed by atoms with van der Waals surface area (Å²) in [6.07, 6.45) is 0. The molecule has 1 saturated heterocycles. The van der Waals surface area contributed by atoms with E-state index in [1.807, 2.05) is 0 Å². The van der Waals surface area contributed by atoms with E-state index in [1.54, 1.807) is 12.1 Å². The largest absolute Gasteiger partial charge is 0.314 e. The maximum Gasteiger partial charge on any atom is 0.163 e. The predicted molar refractivity (Wildman–Crippen MR) is 80.2 cm³/mol. The van der Waals surface area contributed by atoms with Crippen LogP contribution in [0.2, 0.25) is 0 Å². The average molecular weight is 305 g/mol. The Morgan fingerprint density at radius 3 is 2.30 bits per heavy atom. The summed E-state index contributed by atoms with van der Waals surface area (Å²) in [4.78, 5) is 2.24. The molecule has 2 rings (SSSR count). The number of hydrogen-bond acceptors (Lipinski definition) is 2. The van der Waals surface area contributed by atoms with E-state index in [-0.39, 0.29) is 23.9 Å². The second kappa shape index (κ2) is 6.83. The van der Waals surface area contributed by atoms with E-state index < -0.39 is 11.6 Å². The molecule has 1 N–H and O–H groups in total. The number of nitrogens with one attached hydrogen (secondary N) is 1. The molecular weight excluding hydrogens is 282 g/mol. The zero-order valence-electron chi connectivity index (χ0n) is 12.2. The fourth-order valence-corrected chi connectivity index (χ4v) is 2.88. The molecule has 1 heterocycles. The Morgan fingerprint density at radius 2 is 1.75 bits per heavy atom. The molecule has 1 atom stereocenters. The summed E-state index contributed by atoms with van der Waals surface area (Å²) in [6, 6.07) is 4.37. The van der Waals surface area contributed by atoms with Gasteiger partial charge in [-0.15, -0.1) is 12.4 Å². The molecule has 0 aliphatic carbocycles. The lowest BCUT2D eigenvalue weighted by Crippen LogP contribution is -2.48. The minimum atomic E-state index is -0.762. The smallest absolute Gasteiger partial charge is 0.163 e. The summed E-state index contributed by atoms with van der Waals surface area (Å²) in [7, 11) is 0. The van der Waals surface area contributed by atoms with Gasteiger partial charge in [-0.25, -0.2) is 8.78 Å². The summed E-state index contributed by atoms with van der Waals surface area (Å²) < 4.78 is 27.6. The topological polar surface area (TPSA) is 15.3 Å². The maximum absolute atomic E-state index is 14.1. The van der Waals surface area contributed by atoms with Crippen molar-refractivity contribution in [3.05, 3.63) is 35.4 Å². The molecule has 0 saturated carbocycles. The highest BCUT2D eigenvalue weighted by Crippen LogP contribution is 2.39. The van der Waals surface area contributed by atoms with Gasteiger partial charge >= 0.3 is 0 Å². The van der Waals surface area contributed by atoms with Crippen LogP contribution in [0.5, 0.6) is 0 Å². The lowest BCUT2D eigenvalue weighted by molar-refractivity contribution is 0.0829. The average Bonchev–Trinajstić information content (AvgIpc) is 2.35. The molecule has 1 aliphatic rings. The van der Waals surface area contributed by atoms with Crippen LogP contribution in [-0.4, -0.2) is 31.1 Å². The molecule has 0 radical (unpaired) electrons. The van der Waals surface area contributed by atoms with E-state index in [4.69, 9.17) is 0 Å². The zero-order valence-corrected chi connectivity index (χ0v) is 13.1. The minimum absolute atomic E-state index is 0. The highest BCUT2D eigenvalue weighted by Gasteiger charge is 2.34. The van der Waals surface area contributed by atoms with Crippen molar-refractivity contribution >= 4 is 12.4 Å².